The summed E-state index contributed by atoms with van der Waals surface area (Å²) in [4.78, 5) is 10.9. The average molecular weight is 510 g/mol. The molecule has 0 fully saturated rings. The number of carbonyl (C=O) groups is 1. The summed E-state index contributed by atoms with van der Waals surface area (Å²) in [7, 11) is 0. The molecule has 1 atom stereocenters. The lowest BCUT2D eigenvalue weighted by Gasteiger charge is -2.07. The molecular weight excluding hydrogens is 466 g/mol. The van der Waals surface area contributed by atoms with E-state index in [0.717, 1.165) is 36.5 Å². The number of nitrogens with one attached hydrogen (secondary N) is 1. The molecule has 0 heterocycles. The zero-order valence-electron chi connectivity index (χ0n) is 22.0. The van der Waals surface area contributed by atoms with Crippen LogP contribution in [0.15, 0.2) is 48.5 Å². The van der Waals surface area contributed by atoms with E-state index < -0.39 is 5.97 Å². The third-order valence-corrected chi connectivity index (χ3v) is 6.75. The summed E-state index contributed by atoms with van der Waals surface area (Å²) in [5.74, 6) is 6.29. The highest BCUT2D eigenvalue weighted by Crippen LogP contribution is 2.15. The van der Waals surface area contributed by atoms with E-state index in [9.17, 15) is 4.79 Å². The first-order valence-corrected chi connectivity index (χ1v) is 14.2. The maximum absolute atomic E-state index is 10.9. The molecule has 3 nitrogen and oxygen atoms in total. The van der Waals surface area contributed by atoms with E-state index >= 15 is 0 Å². The highest BCUT2D eigenvalue weighted by Gasteiger charge is 2.02. The molecule has 0 saturated heterocycles. The fourth-order valence-electron chi connectivity index (χ4n) is 4.34. The molecule has 196 valence electrons. The molecule has 0 aliphatic carbocycles. The lowest BCUT2D eigenvalue weighted by atomic mass is 10.0. The van der Waals surface area contributed by atoms with Crippen molar-refractivity contribution < 1.29 is 9.90 Å². The smallest absolute Gasteiger partial charge is 0.335 e. The van der Waals surface area contributed by atoms with Gasteiger partial charge in [0.25, 0.3) is 0 Å². The van der Waals surface area contributed by atoms with Crippen LogP contribution in [0.3, 0.4) is 0 Å². The predicted molar refractivity (Wildman–Crippen MR) is 154 cm³/mol. The van der Waals surface area contributed by atoms with Gasteiger partial charge in [-0.2, -0.15) is 0 Å². The molecule has 4 heteroatoms. The fraction of sp³-hybridized carbons (Fsp3) is 0.531. The van der Waals surface area contributed by atoms with Crippen molar-refractivity contribution in [3.63, 3.8) is 0 Å². The molecule has 2 N–H and O–H groups in total. The van der Waals surface area contributed by atoms with Crippen molar-refractivity contribution in [2.75, 3.05) is 11.9 Å². The maximum atomic E-state index is 10.9. The third-order valence-electron chi connectivity index (χ3n) is 6.49. The number of hydrogen-bond acceptors (Lipinski definition) is 2. The molecule has 0 aliphatic heterocycles. The van der Waals surface area contributed by atoms with Gasteiger partial charge in [-0.05, 0) is 61.2 Å². The van der Waals surface area contributed by atoms with Crippen molar-refractivity contribution in [1.29, 1.82) is 0 Å². The Balaban J connectivity index is 1.32. The molecule has 0 aliphatic rings. The van der Waals surface area contributed by atoms with Crippen LogP contribution >= 0.6 is 11.6 Å². The summed E-state index contributed by atoms with van der Waals surface area (Å²) in [6.07, 6.45) is 17.8. The summed E-state index contributed by atoms with van der Waals surface area (Å²) in [6.45, 7) is 3.14. The quantitative estimate of drug-likeness (QED) is 0.155. The minimum absolute atomic E-state index is 0.331. The van der Waals surface area contributed by atoms with Gasteiger partial charge >= 0.3 is 5.97 Å². The van der Waals surface area contributed by atoms with Crippen molar-refractivity contribution in [3.05, 3.63) is 64.7 Å². The number of carboxylic acid groups (broad SMARTS) is 1. The molecule has 2 rings (SSSR count). The lowest BCUT2D eigenvalue weighted by molar-refractivity contribution is 0.0697. The fourth-order valence-corrected chi connectivity index (χ4v) is 4.47. The molecule has 0 amide bonds. The Kier molecular flexibility index (Phi) is 15.5. The molecule has 0 aromatic heterocycles. The summed E-state index contributed by atoms with van der Waals surface area (Å²) in [5.41, 5.74) is 2.63. The van der Waals surface area contributed by atoms with Crippen LogP contribution in [0, 0.1) is 17.8 Å². The average Bonchev–Trinajstić information content (AvgIpc) is 2.87. The second kappa shape index (κ2) is 18.8. The predicted octanol–water partition coefficient (Wildman–Crippen LogP) is 9.40. The number of unbranched alkanes of at least 4 members (excludes halogenated alkanes) is 12. The van der Waals surface area contributed by atoms with Crippen LogP contribution in [-0.2, 0) is 6.42 Å². The summed E-state index contributed by atoms with van der Waals surface area (Å²) >= 11 is 5.94. The monoisotopic (exact) mass is 509 g/mol. The molecule has 0 radical (unpaired) electrons. The number of aromatic carboxylic acids is 1. The van der Waals surface area contributed by atoms with Crippen molar-refractivity contribution in [1.82, 2.24) is 0 Å². The van der Waals surface area contributed by atoms with Gasteiger partial charge in [-0.15, -0.1) is 5.92 Å². The van der Waals surface area contributed by atoms with Gasteiger partial charge in [0.05, 0.1) is 5.56 Å². The number of halogens is 1. The van der Waals surface area contributed by atoms with E-state index in [1.807, 2.05) is 24.3 Å². The van der Waals surface area contributed by atoms with Gasteiger partial charge in [0, 0.05) is 29.6 Å². The second-order valence-electron chi connectivity index (χ2n) is 9.85. The largest absolute Gasteiger partial charge is 0.478 e. The number of benzene rings is 2. The van der Waals surface area contributed by atoms with Gasteiger partial charge in [0.2, 0.25) is 0 Å². The number of hydrogen-bond donors (Lipinski definition) is 2. The number of carboxylic acids is 1. The lowest BCUT2D eigenvalue weighted by Crippen LogP contribution is -2.02. The van der Waals surface area contributed by atoms with Crippen LogP contribution in [0.2, 0.25) is 5.02 Å². The minimum Gasteiger partial charge on any atom is -0.478 e. The Morgan fingerprint density at radius 2 is 1.33 bits per heavy atom. The Morgan fingerprint density at radius 3 is 1.89 bits per heavy atom. The number of rotatable bonds is 18. The van der Waals surface area contributed by atoms with Crippen LogP contribution in [0.1, 0.15) is 106 Å². The summed E-state index contributed by atoms with van der Waals surface area (Å²) < 4.78 is 0. The van der Waals surface area contributed by atoms with Crippen LogP contribution in [-0.4, -0.2) is 17.6 Å². The van der Waals surface area contributed by atoms with E-state index in [-0.39, 0.29) is 0 Å². The van der Waals surface area contributed by atoms with Gasteiger partial charge in [-0.1, -0.05) is 101 Å². The van der Waals surface area contributed by atoms with Gasteiger partial charge in [-0.25, -0.2) is 4.79 Å². The zero-order chi connectivity index (χ0) is 25.8. The van der Waals surface area contributed by atoms with Gasteiger partial charge in [0.15, 0.2) is 0 Å². The summed E-state index contributed by atoms with van der Waals surface area (Å²) in [6, 6.07) is 15.1. The topological polar surface area (TPSA) is 49.3 Å². The zero-order valence-corrected chi connectivity index (χ0v) is 22.8. The van der Waals surface area contributed by atoms with E-state index in [1.54, 1.807) is 12.1 Å². The van der Waals surface area contributed by atoms with Gasteiger partial charge in [0.1, 0.15) is 0 Å². The summed E-state index contributed by atoms with van der Waals surface area (Å²) in [5, 5.41) is 13.1. The van der Waals surface area contributed by atoms with Crippen LogP contribution in [0.25, 0.3) is 0 Å². The first-order chi connectivity index (χ1) is 17.5. The van der Waals surface area contributed by atoms with E-state index in [2.05, 4.69) is 36.2 Å². The highest BCUT2D eigenvalue weighted by molar-refractivity contribution is 6.30. The molecule has 0 spiro atoms. The Labute approximate surface area is 224 Å². The minimum atomic E-state index is -0.880. The Hall–Kier alpha value is -2.44. The molecular formula is C32H44ClNO2. The van der Waals surface area contributed by atoms with Crippen LogP contribution < -0.4 is 5.32 Å². The van der Waals surface area contributed by atoms with Crippen LogP contribution in [0.4, 0.5) is 5.69 Å². The molecule has 1 unspecified atom stereocenters. The Bertz CT molecular complexity index is 912. The molecule has 36 heavy (non-hydrogen) atoms. The maximum Gasteiger partial charge on any atom is 0.335 e. The van der Waals surface area contributed by atoms with Crippen LogP contribution in [0.5, 0.6) is 0 Å². The molecule has 0 saturated carbocycles. The van der Waals surface area contributed by atoms with Crippen molar-refractivity contribution in [3.8, 4) is 11.8 Å². The van der Waals surface area contributed by atoms with E-state index in [1.165, 1.54) is 76.2 Å². The van der Waals surface area contributed by atoms with Gasteiger partial charge in [-0.3, -0.25) is 0 Å². The first kappa shape index (κ1) is 29.8. The number of anilines is 1. The van der Waals surface area contributed by atoms with E-state index in [4.69, 9.17) is 16.7 Å². The highest BCUT2D eigenvalue weighted by atomic mass is 35.5. The molecule has 2 aromatic rings. The second-order valence-corrected chi connectivity index (χ2v) is 10.3. The third kappa shape index (κ3) is 14.2. The standard InChI is InChI=1S/C32H44ClNO2/c1-27(26-28-17-21-30(33)22-18-28)16-14-12-10-8-6-4-2-3-5-7-9-11-13-15-25-34-31-23-19-29(20-24-31)32(35)36/h17-24,27,34H,2-13,15,25-26H2,1H3,(H,35,36). The van der Waals surface area contributed by atoms with Crippen molar-refractivity contribution in [2.24, 2.45) is 5.92 Å². The first-order valence-electron chi connectivity index (χ1n) is 13.8. The Morgan fingerprint density at radius 1 is 0.806 bits per heavy atom. The van der Waals surface area contributed by atoms with Gasteiger partial charge < -0.3 is 10.4 Å². The normalized spacial score (nSPS) is 11.5. The van der Waals surface area contributed by atoms with Crippen molar-refractivity contribution in [2.45, 2.75) is 96.8 Å². The van der Waals surface area contributed by atoms with E-state index in [0.29, 0.717) is 11.5 Å². The molecule has 0 bridgehead atoms. The van der Waals surface area contributed by atoms with Crippen molar-refractivity contribution >= 4 is 23.3 Å². The SMILES string of the molecule is CC(C#CCCCCCCCCCCCCCCNc1ccc(C(=O)O)cc1)Cc1ccc(Cl)cc1. The molecule has 2 aromatic carbocycles.